The first-order chi connectivity index (χ1) is 9.54. The van der Waals surface area contributed by atoms with Crippen molar-refractivity contribution in [3.8, 4) is 0 Å². The number of aromatic nitrogens is 2. The average molecular weight is 291 g/mol. The molecule has 0 bridgehead atoms. The van der Waals surface area contributed by atoms with Crippen LogP contribution in [0.15, 0.2) is 30.7 Å². The van der Waals surface area contributed by atoms with E-state index in [4.69, 9.17) is 16.7 Å². The summed E-state index contributed by atoms with van der Waals surface area (Å²) in [4.78, 5) is 14.9. The summed E-state index contributed by atoms with van der Waals surface area (Å²) in [5, 5.41) is 9.49. The van der Waals surface area contributed by atoms with Gasteiger partial charge in [0.05, 0.1) is 12.2 Å². The smallest absolute Gasteiger partial charge is 0.307 e. The van der Waals surface area contributed by atoms with Gasteiger partial charge >= 0.3 is 5.97 Å². The van der Waals surface area contributed by atoms with Gasteiger partial charge in [0.15, 0.2) is 0 Å². The lowest BCUT2D eigenvalue weighted by atomic mass is 10.0. The Balaban J connectivity index is 1.76. The molecule has 1 aliphatic carbocycles. The number of rotatable bonds is 4. The molecular formula is C15H15ClN2O2. The van der Waals surface area contributed by atoms with Gasteiger partial charge in [0, 0.05) is 12.7 Å². The third kappa shape index (κ3) is 2.56. The van der Waals surface area contributed by atoms with Crippen LogP contribution >= 0.6 is 11.6 Å². The number of carbonyl (C=O) groups is 1. The lowest BCUT2D eigenvalue weighted by molar-refractivity contribution is -0.138. The fraction of sp³-hybridized carbons (Fsp3) is 0.333. The van der Waals surface area contributed by atoms with Crippen molar-refractivity contribution >= 4 is 17.6 Å². The molecule has 1 N–H and O–H groups in total. The second kappa shape index (κ2) is 4.94. The number of halogens is 1. The maximum absolute atomic E-state index is 10.9. The van der Waals surface area contributed by atoms with E-state index in [1.54, 1.807) is 12.5 Å². The number of carboxylic acids is 1. The van der Waals surface area contributed by atoms with Crippen LogP contribution in [0.25, 0.3) is 0 Å². The summed E-state index contributed by atoms with van der Waals surface area (Å²) in [6.45, 7) is 2.75. The highest BCUT2D eigenvalue weighted by Gasteiger charge is 2.44. The van der Waals surface area contributed by atoms with E-state index in [-0.39, 0.29) is 11.8 Å². The Morgan fingerprint density at radius 2 is 2.35 bits per heavy atom. The molecule has 2 atom stereocenters. The summed E-state index contributed by atoms with van der Waals surface area (Å²) < 4.78 is 1.92. The minimum atomic E-state index is -0.688. The predicted molar refractivity (Wildman–Crippen MR) is 76.0 cm³/mol. The molecule has 20 heavy (non-hydrogen) atoms. The third-order valence-electron chi connectivity index (χ3n) is 3.81. The average Bonchev–Trinajstić information content (AvgIpc) is 3.07. The summed E-state index contributed by atoms with van der Waals surface area (Å²) in [5.41, 5.74) is 3.47. The van der Waals surface area contributed by atoms with E-state index in [0.717, 1.165) is 23.1 Å². The molecule has 3 rings (SSSR count). The molecule has 1 aromatic heterocycles. The SMILES string of the molecule is Cc1cc(Cn2cnc(Cl)c2)ccc1C1CC1C(=O)O. The van der Waals surface area contributed by atoms with Gasteiger partial charge in [-0.15, -0.1) is 0 Å². The zero-order chi connectivity index (χ0) is 14.3. The Morgan fingerprint density at radius 3 is 2.90 bits per heavy atom. The van der Waals surface area contributed by atoms with E-state index in [9.17, 15) is 4.79 Å². The lowest BCUT2D eigenvalue weighted by Gasteiger charge is -2.08. The van der Waals surface area contributed by atoms with Crippen LogP contribution in [-0.4, -0.2) is 20.6 Å². The van der Waals surface area contributed by atoms with Crippen molar-refractivity contribution in [3.63, 3.8) is 0 Å². The number of hydrogen-bond acceptors (Lipinski definition) is 2. The standard InChI is InChI=1S/C15H15ClN2O2/c1-9-4-10(6-18-7-14(16)17-8-18)2-3-11(9)12-5-13(12)15(19)20/h2-4,7-8,12-13H,5-6H2,1H3,(H,19,20). The Hall–Kier alpha value is -1.81. The fourth-order valence-electron chi connectivity index (χ4n) is 2.69. The van der Waals surface area contributed by atoms with E-state index >= 15 is 0 Å². The van der Waals surface area contributed by atoms with Gasteiger partial charge in [0.25, 0.3) is 0 Å². The van der Waals surface area contributed by atoms with Crippen LogP contribution < -0.4 is 0 Å². The Bertz CT molecular complexity index is 666. The molecule has 1 saturated carbocycles. The monoisotopic (exact) mass is 290 g/mol. The van der Waals surface area contributed by atoms with E-state index in [1.165, 1.54) is 0 Å². The minimum Gasteiger partial charge on any atom is -0.481 e. The molecule has 0 amide bonds. The molecule has 0 radical (unpaired) electrons. The number of nitrogens with zero attached hydrogens (tertiary/aromatic N) is 2. The van der Waals surface area contributed by atoms with Gasteiger partial charge in [-0.25, -0.2) is 4.98 Å². The molecular weight excluding hydrogens is 276 g/mol. The second-order valence-electron chi connectivity index (χ2n) is 5.35. The topological polar surface area (TPSA) is 55.1 Å². The van der Waals surface area contributed by atoms with Crippen LogP contribution in [0.1, 0.15) is 29.0 Å². The largest absolute Gasteiger partial charge is 0.481 e. The zero-order valence-corrected chi connectivity index (χ0v) is 11.8. The van der Waals surface area contributed by atoms with Gasteiger partial charge in [-0.05, 0) is 36.0 Å². The number of benzene rings is 1. The van der Waals surface area contributed by atoms with Crippen molar-refractivity contribution in [1.82, 2.24) is 9.55 Å². The number of aryl methyl sites for hydroxylation is 1. The molecule has 1 heterocycles. The summed E-state index contributed by atoms with van der Waals surface area (Å²) in [6.07, 6.45) is 4.24. The van der Waals surface area contributed by atoms with Gasteiger partial charge in [-0.3, -0.25) is 4.79 Å². The molecule has 0 aliphatic heterocycles. The number of hydrogen-bond donors (Lipinski definition) is 1. The molecule has 104 valence electrons. The normalized spacial score (nSPS) is 20.9. The van der Waals surface area contributed by atoms with Crippen LogP contribution in [0, 0.1) is 12.8 Å². The quantitative estimate of drug-likeness (QED) is 0.941. The predicted octanol–water partition coefficient (Wildman–Crippen LogP) is 3.08. The first kappa shape index (κ1) is 13.2. The summed E-state index contributed by atoms with van der Waals surface area (Å²) >= 11 is 5.79. The maximum Gasteiger partial charge on any atom is 0.307 e. The van der Waals surface area contributed by atoms with E-state index < -0.39 is 5.97 Å². The number of imidazole rings is 1. The van der Waals surface area contributed by atoms with Crippen molar-refractivity contribution in [2.45, 2.75) is 25.8 Å². The molecule has 1 fully saturated rings. The van der Waals surface area contributed by atoms with Crippen molar-refractivity contribution in [2.75, 3.05) is 0 Å². The molecule has 0 saturated heterocycles. The van der Waals surface area contributed by atoms with Crippen LogP contribution in [0.3, 0.4) is 0 Å². The number of carboxylic acid groups (broad SMARTS) is 1. The molecule has 4 nitrogen and oxygen atoms in total. The highest BCUT2D eigenvalue weighted by molar-refractivity contribution is 6.29. The van der Waals surface area contributed by atoms with Crippen molar-refractivity contribution < 1.29 is 9.90 Å². The fourth-order valence-corrected chi connectivity index (χ4v) is 2.86. The summed E-state index contributed by atoms with van der Waals surface area (Å²) in [7, 11) is 0. The van der Waals surface area contributed by atoms with Crippen molar-refractivity contribution in [1.29, 1.82) is 0 Å². The van der Waals surface area contributed by atoms with Gasteiger partial charge in [-0.2, -0.15) is 0 Å². The van der Waals surface area contributed by atoms with E-state index in [0.29, 0.717) is 11.7 Å². The molecule has 1 aromatic carbocycles. The van der Waals surface area contributed by atoms with Gasteiger partial charge in [-0.1, -0.05) is 29.8 Å². The molecule has 1 aliphatic rings. The molecule has 5 heteroatoms. The van der Waals surface area contributed by atoms with Crippen molar-refractivity contribution in [2.24, 2.45) is 5.92 Å². The maximum atomic E-state index is 10.9. The Labute approximate surface area is 122 Å². The van der Waals surface area contributed by atoms with E-state index in [1.807, 2.05) is 17.6 Å². The van der Waals surface area contributed by atoms with Crippen LogP contribution in [0.5, 0.6) is 0 Å². The molecule has 0 spiro atoms. The van der Waals surface area contributed by atoms with Crippen LogP contribution in [0.2, 0.25) is 5.15 Å². The first-order valence-electron chi connectivity index (χ1n) is 6.54. The lowest BCUT2D eigenvalue weighted by Crippen LogP contribution is -2.01. The number of aliphatic carboxylic acids is 1. The van der Waals surface area contributed by atoms with E-state index in [2.05, 4.69) is 17.1 Å². The Kier molecular flexibility index (Phi) is 3.26. The van der Waals surface area contributed by atoms with Gasteiger partial charge in [0.1, 0.15) is 5.15 Å². The molecule has 2 unspecified atom stereocenters. The summed E-state index contributed by atoms with van der Waals surface area (Å²) in [5.74, 6) is -0.706. The van der Waals surface area contributed by atoms with Gasteiger partial charge < -0.3 is 9.67 Å². The molecule has 2 aromatic rings. The first-order valence-corrected chi connectivity index (χ1v) is 6.92. The van der Waals surface area contributed by atoms with Crippen LogP contribution in [0.4, 0.5) is 0 Å². The van der Waals surface area contributed by atoms with Crippen molar-refractivity contribution in [3.05, 3.63) is 52.6 Å². The Morgan fingerprint density at radius 1 is 1.55 bits per heavy atom. The van der Waals surface area contributed by atoms with Crippen LogP contribution in [-0.2, 0) is 11.3 Å². The third-order valence-corrected chi connectivity index (χ3v) is 4.00. The minimum absolute atomic E-state index is 0.184. The highest BCUT2D eigenvalue weighted by atomic mass is 35.5. The highest BCUT2D eigenvalue weighted by Crippen LogP contribution is 2.48. The second-order valence-corrected chi connectivity index (χ2v) is 5.73. The van der Waals surface area contributed by atoms with Gasteiger partial charge in [0.2, 0.25) is 0 Å². The zero-order valence-electron chi connectivity index (χ0n) is 11.1. The summed E-state index contributed by atoms with van der Waals surface area (Å²) in [6, 6.07) is 6.21.